The molecule has 10 heteroatoms. The van der Waals surface area contributed by atoms with E-state index in [1.807, 2.05) is 0 Å². The Hall–Kier alpha value is -1.56. The predicted octanol–water partition coefficient (Wildman–Crippen LogP) is 2.65. The zero-order chi connectivity index (χ0) is 16.3. The van der Waals surface area contributed by atoms with Crippen LogP contribution in [0.4, 0.5) is 5.69 Å². The molecule has 2 rings (SSSR count). The fraction of sp³-hybridized carbons (Fsp3) is 0.167. The molecule has 0 aliphatic heterocycles. The first-order valence-corrected chi connectivity index (χ1v) is 8.22. The number of hydrogen-bond donors (Lipinski definition) is 4. The van der Waals surface area contributed by atoms with Crippen molar-refractivity contribution in [3.05, 3.63) is 24.3 Å². The average Bonchev–Trinajstić information content (AvgIpc) is 2.44. The molecule has 120 valence electrons. The molecule has 0 fully saturated rings. The smallest absolute Gasteiger partial charge is 0.296 e. The molecule has 0 radical (unpaired) electrons. The first-order valence-electron chi connectivity index (χ1n) is 6.03. The minimum Gasteiger partial charge on any atom is -0.507 e. The summed E-state index contributed by atoms with van der Waals surface area (Å²) in [6.07, 6.45) is 0. The van der Waals surface area contributed by atoms with Gasteiger partial charge in [0.25, 0.3) is 10.1 Å². The van der Waals surface area contributed by atoms with Crippen molar-refractivity contribution in [3.8, 4) is 5.75 Å². The van der Waals surface area contributed by atoms with Crippen molar-refractivity contribution in [2.75, 3.05) is 11.9 Å². The van der Waals surface area contributed by atoms with E-state index in [0.29, 0.717) is 34.3 Å². The third-order valence-electron chi connectivity index (χ3n) is 2.81. The van der Waals surface area contributed by atoms with Gasteiger partial charge in [-0.05, 0) is 36.6 Å². The number of fused-ring (bicyclic) bond motifs is 1. The number of rotatable bonds is 6. The molecule has 2 aromatic rings. The van der Waals surface area contributed by atoms with Crippen molar-refractivity contribution in [3.63, 3.8) is 0 Å². The van der Waals surface area contributed by atoms with Crippen LogP contribution in [-0.2, 0) is 19.5 Å². The molecule has 0 saturated carbocycles. The highest BCUT2D eigenvalue weighted by Gasteiger charge is 2.18. The molecular weight excluding hydrogens is 334 g/mol. The molecule has 8 nitrogen and oxygen atoms in total. The number of anilines is 1. The van der Waals surface area contributed by atoms with Gasteiger partial charge in [0.15, 0.2) is 0 Å². The maximum Gasteiger partial charge on any atom is 0.296 e. The zero-order valence-electron chi connectivity index (χ0n) is 11.3. The Morgan fingerprint density at radius 1 is 1.27 bits per heavy atom. The van der Waals surface area contributed by atoms with Crippen LogP contribution in [0.1, 0.15) is 6.92 Å². The topological polar surface area (TPSA) is 125 Å². The first-order chi connectivity index (χ1) is 10.4. The monoisotopic (exact) mass is 347 g/mol. The highest BCUT2D eigenvalue weighted by atomic mass is 32.2. The molecule has 22 heavy (non-hydrogen) atoms. The van der Waals surface area contributed by atoms with Gasteiger partial charge in [-0.3, -0.25) is 4.55 Å². The van der Waals surface area contributed by atoms with Gasteiger partial charge in [-0.1, -0.05) is 5.04 Å². The van der Waals surface area contributed by atoms with E-state index >= 15 is 0 Å². The quantitative estimate of drug-likeness (QED) is 0.270. The summed E-state index contributed by atoms with van der Waals surface area (Å²) in [6, 6.07) is 5.51. The Bertz CT molecular complexity index is 792. The van der Waals surface area contributed by atoms with Gasteiger partial charge in [0.05, 0.1) is 17.7 Å². The molecular formula is C12H13NO7S2. The molecule has 0 atom stereocenters. The molecule has 0 heterocycles. The summed E-state index contributed by atoms with van der Waals surface area (Å²) in [4.78, 5) is 0.0549. The van der Waals surface area contributed by atoms with Crippen LogP contribution in [0.25, 0.3) is 10.8 Å². The third kappa shape index (κ3) is 3.61. The number of phenolic OH excluding ortho intramolecular Hbond substituents is 1. The highest BCUT2D eigenvalue weighted by molar-refractivity contribution is 7.94. The van der Waals surface area contributed by atoms with Gasteiger partial charge in [-0.25, -0.2) is 5.26 Å². The van der Waals surface area contributed by atoms with Crippen molar-refractivity contribution in [2.45, 2.75) is 16.7 Å². The average molecular weight is 347 g/mol. The van der Waals surface area contributed by atoms with E-state index in [2.05, 4.69) is 14.7 Å². The van der Waals surface area contributed by atoms with E-state index in [-0.39, 0.29) is 16.3 Å². The van der Waals surface area contributed by atoms with Crippen molar-refractivity contribution in [2.24, 2.45) is 0 Å². The lowest BCUT2D eigenvalue weighted by Crippen LogP contribution is -2.06. The summed E-state index contributed by atoms with van der Waals surface area (Å²) < 4.78 is 36.6. The maximum atomic E-state index is 11.5. The van der Waals surface area contributed by atoms with Crippen LogP contribution in [-0.4, -0.2) is 29.9 Å². The molecule has 2 aromatic carbocycles. The second kappa shape index (κ2) is 6.69. The van der Waals surface area contributed by atoms with E-state index in [4.69, 9.17) is 5.26 Å². The summed E-state index contributed by atoms with van der Waals surface area (Å²) in [6.45, 7) is 2.20. The van der Waals surface area contributed by atoms with Gasteiger partial charge >= 0.3 is 0 Å². The van der Waals surface area contributed by atoms with Gasteiger partial charge in [-0.15, -0.1) is 4.33 Å². The zero-order valence-corrected chi connectivity index (χ0v) is 12.9. The van der Waals surface area contributed by atoms with Gasteiger partial charge in [-0.2, -0.15) is 8.42 Å². The van der Waals surface area contributed by atoms with Gasteiger partial charge in [0.1, 0.15) is 10.6 Å². The van der Waals surface area contributed by atoms with Crippen molar-refractivity contribution < 1.29 is 32.7 Å². The molecule has 0 aliphatic rings. The van der Waals surface area contributed by atoms with E-state index in [1.54, 1.807) is 6.92 Å². The fourth-order valence-corrected chi connectivity index (χ4v) is 3.12. The van der Waals surface area contributed by atoms with Crippen molar-refractivity contribution >= 4 is 38.6 Å². The van der Waals surface area contributed by atoms with E-state index in [0.717, 1.165) is 0 Å². The summed E-state index contributed by atoms with van der Waals surface area (Å²) >= 11 is 0.617. The van der Waals surface area contributed by atoms with Crippen molar-refractivity contribution in [1.82, 2.24) is 0 Å². The molecule has 0 aliphatic carbocycles. The molecule has 0 unspecified atom stereocenters. The van der Waals surface area contributed by atoms with E-state index < -0.39 is 10.1 Å². The summed E-state index contributed by atoms with van der Waals surface area (Å²) in [5.41, 5.74) is 0.183. The van der Waals surface area contributed by atoms with Crippen LogP contribution in [0.2, 0.25) is 0 Å². The van der Waals surface area contributed by atoms with E-state index in [1.165, 1.54) is 24.3 Å². The van der Waals surface area contributed by atoms with Crippen molar-refractivity contribution in [1.29, 1.82) is 0 Å². The third-order valence-corrected chi connectivity index (χ3v) is 4.26. The van der Waals surface area contributed by atoms with Crippen LogP contribution >= 0.6 is 12.0 Å². The Morgan fingerprint density at radius 2 is 2.00 bits per heavy atom. The van der Waals surface area contributed by atoms with Gasteiger partial charge in [0, 0.05) is 16.8 Å². The first kappa shape index (κ1) is 16.8. The standard InChI is InChI=1S/C12H13NO7S2/c1-2-13-10-6-9-7(4-12(10)22(16,17)18)3-8(5-11(9)14)21-20-19-15/h3-6,13-15H,2H2,1H3,(H,16,17,18). The maximum absolute atomic E-state index is 11.5. The second-order valence-electron chi connectivity index (χ2n) is 4.24. The molecule has 0 aromatic heterocycles. The Labute approximate surface area is 130 Å². The lowest BCUT2D eigenvalue weighted by atomic mass is 10.1. The fourth-order valence-electron chi connectivity index (χ4n) is 1.99. The SMILES string of the molecule is CCNc1cc2c(O)cc(SOOO)cc2cc1S(=O)(=O)O. The molecule has 4 N–H and O–H groups in total. The normalized spacial score (nSPS) is 11.8. The van der Waals surface area contributed by atoms with Gasteiger partial charge < -0.3 is 10.4 Å². The van der Waals surface area contributed by atoms with Crippen LogP contribution in [0.3, 0.4) is 0 Å². The second-order valence-corrected chi connectivity index (χ2v) is 6.41. The van der Waals surface area contributed by atoms with Crippen LogP contribution in [0.15, 0.2) is 34.1 Å². The minimum absolute atomic E-state index is 0.123. The summed E-state index contributed by atoms with van der Waals surface area (Å²) in [7, 11) is -4.44. The largest absolute Gasteiger partial charge is 0.507 e. The number of aromatic hydroxyl groups is 1. The number of hydrogen-bond acceptors (Lipinski definition) is 8. The molecule has 0 spiro atoms. The lowest BCUT2D eigenvalue weighted by molar-refractivity contribution is -0.432. The number of phenols is 1. The van der Waals surface area contributed by atoms with Crippen LogP contribution in [0.5, 0.6) is 5.75 Å². The molecule has 0 saturated heterocycles. The minimum atomic E-state index is -4.44. The highest BCUT2D eigenvalue weighted by Crippen LogP contribution is 2.36. The van der Waals surface area contributed by atoms with Crippen LogP contribution in [0, 0.1) is 0 Å². The summed E-state index contributed by atoms with van der Waals surface area (Å²) in [5, 5.41) is 25.2. The Morgan fingerprint density at radius 3 is 2.59 bits per heavy atom. The number of nitrogens with one attached hydrogen (secondary N) is 1. The van der Waals surface area contributed by atoms with Crippen LogP contribution < -0.4 is 5.32 Å². The Balaban J connectivity index is 2.66. The Kier molecular flexibility index (Phi) is 5.11. The molecule has 0 amide bonds. The van der Waals surface area contributed by atoms with E-state index in [9.17, 15) is 18.1 Å². The van der Waals surface area contributed by atoms with Gasteiger partial charge in [0.2, 0.25) is 0 Å². The summed E-state index contributed by atoms with van der Waals surface area (Å²) in [5.74, 6) is -0.123. The lowest BCUT2D eigenvalue weighted by Gasteiger charge is -2.12. The number of benzene rings is 2. The molecule has 0 bridgehead atoms. The predicted molar refractivity (Wildman–Crippen MR) is 80.2 cm³/mol.